The third-order valence-corrected chi connectivity index (χ3v) is 4.70. The molecule has 6 nitrogen and oxygen atoms in total. The summed E-state index contributed by atoms with van der Waals surface area (Å²) in [6, 6.07) is 3.37. The van der Waals surface area contributed by atoms with Crippen LogP contribution in [0.3, 0.4) is 0 Å². The Morgan fingerprint density at radius 2 is 1.71 bits per heavy atom. The highest BCUT2D eigenvalue weighted by molar-refractivity contribution is 6.39. The van der Waals surface area contributed by atoms with Crippen LogP contribution in [-0.2, 0) is 0 Å². The Morgan fingerprint density at radius 1 is 1.14 bits per heavy atom. The van der Waals surface area contributed by atoms with E-state index in [9.17, 15) is 10.1 Å². The zero-order valence-corrected chi connectivity index (χ0v) is 12.9. The fraction of sp³-hybridized carbons (Fsp3) is 0.538. The maximum absolute atomic E-state index is 10.8. The van der Waals surface area contributed by atoms with Gasteiger partial charge >= 0.3 is 0 Å². The number of halogens is 2. The maximum atomic E-state index is 10.8. The summed E-state index contributed by atoms with van der Waals surface area (Å²) in [5.41, 5.74) is 0.628. The summed E-state index contributed by atoms with van der Waals surface area (Å²) in [5.74, 6) is 0. The van der Waals surface area contributed by atoms with Crippen LogP contribution in [-0.4, -0.2) is 55.1 Å². The smallest absolute Gasteiger partial charge is 0.272 e. The van der Waals surface area contributed by atoms with Gasteiger partial charge in [-0.1, -0.05) is 23.2 Å². The summed E-state index contributed by atoms with van der Waals surface area (Å²) in [6.07, 6.45) is 0. The Balaban J connectivity index is 1.74. The molecule has 1 N–H and O–H groups in total. The Bertz CT molecular complexity index is 534. The number of nitro benzene ring substituents is 1. The first kappa shape index (κ1) is 14.8. The first-order chi connectivity index (χ1) is 10.1. The summed E-state index contributed by atoms with van der Waals surface area (Å²) in [5, 5.41) is 14.8. The van der Waals surface area contributed by atoms with Crippen molar-refractivity contribution in [2.75, 3.05) is 44.2 Å². The SMILES string of the molecule is O=[N+]([O-])c1cc(Cl)c(N2CCN(C3CNC3)CC2)c(Cl)c1. The second-order valence-electron chi connectivity index (χ2n) is 5.35. The van der Waals surface area contributed by atoms with Gasteiger partial charge in [0, 0.05) is 57.4 Å². The maximum Gasteiger partial charge on any atom is 0.272 e. The van der Waals surface area contributed by atoms with Crippen LogP contribution in [0.5, 0.6) is 0 Å². The van der Waals surface area contributed by atoms with Crippen LogP contribution in [0.25, 0.3) is 0 Å². The Morgan fingerprint density at radius 3 is 2.14 bits per heavy atom. The first-order valence-corrected chi connectivity index (χ1v) is 7.65. The molecule has 2 saturated heterocycles. The van der Waals surface area contributed by atoms with E-state index < -0.39 is 4.92 Å². The fourth-order valence-corrected chi connectivity index (χ4v) is 3.52. The van der Waals surface area contributed by atoms with Crippen LogP contribution in [0.2, 0.25) is 10.0 Å². The zero-order chi connectivity index (χ0) is 15.0. The van der Waals surface area contributed by atoms with Crippen molar-refractivity contribution in [2.24, 2.45) is 0 Å². The van der Waals surface area contributed by atoms with Crippen molar-refractivity contribution in [2.45, 2.75) is 6.04 Å². The van der Waals surface area contributed by atoms with Gasteiger partial charge in [-0.05, 0) is 0 Å². The van der Waals surface area contributed by atoms with Gasteiger partial charge in [-0.15, -0.1) is 0 Å². The van der Waals surface area contributed by atoms with E-state index in [2.05, 4.69) is 15.1 Å². The minimum atomic E-state index is -0.483. The summed E-state index contributed by atoms with van der Waals surface area (Å²) in [7, 11) is 0. The van der Waals surface area contributed by atoms with Crippen molar-refractivity contribution >= 4 is 34.6 Å². The molecule has 114 valence electrons. The fourth-order valence-electron chi connectivity index (χ4n) is 2.80. The molecule has 0 aromatic heterocycles. The third kappa shape index (κ3) is 2.94. The molecule has 2 aliphatic heterocycles. The molecule has 0 atom stereocenters. The molecule has 1 aromatic carbocycles. The molecule has 0 bridgehead atoms. The van der Waals surface area contributed by atoms with E-state index in [1.165, 1.54) is 12.1 Å². The average molecular weight is 331 g/mol. The third-order valence-electron chi connectivity index (χ3n) is 4.12. The van der Waals surface area contributed by atoms with Crippen molar-refractivity contribution < 1.29 is 4.92 Å². The number of rotatable bonds is 3. The van der Waals surface area contributed by atoms with Gasteiger partial charge in [-0.2, -0.15) is 0 Å². The Labute approximate surface area is 132 Å². The van der Waals surface area contributed by atoms with Gasteiger partial charge in [0.1, 0.15) is 0 Å². The molecule has 0 unspecified atom stereocenters. The molecule has 0 saturated carbocycles. The zero-order valence-electron chi connectivity index (χ0n) is 11.4. The lowest BCUT2D eigenvalue weighted by Gasteiger charge is -2.44. The van der Waals surface area contributed by atoms with Crippen molar-refractivity contribution in [3.63, 3.8) is 0 Å². The van der Waals surface area contributed by atoms with Gasteiger partial charge in [-0.25, -0.2) is 0 Å². The molecule has 2 aliphatic rings. The molecule has 0 radical (unpaired) electrons. The highest BCUT2D eigenvalue weighted by Gasteiger charge is 2.29. The van der Waals surface area contributed by atoms with Crippen LogP contribution < -0.4 is 10.2 Å². The molecule has 3 rings (SSSR count). The van der Waals surface area contributed by atoms with Gasteiger partial charge in [0.15, 0.2) is 0 Å². The van der Waals surface area contributed by atoms with Crippen LogP contribution in [0, 0.1) is 10.1 Å². The molecule has 8 heteroatoms. The number of non-ortho nitro benzene ring substituents is 1. The molecular weight excluding hydrogens is 315 g/mol. The standard InChI is InChI=1S/C13H16Cl2N4O2/c14-11-5-9(19(20)21)6-12(15)13(11)18-3-1-17(2-4-18)10-7-16-8-10/h5-6,10,16H,1-4,7-8H2. The largest absolute Gasteiger partial charge is 0.367 e. The Hall–Kier alpha value is -1.08. The summed E-state index contributed by atoms with van der Waals surface area (Å²) in [4.78, 5) is 14.9. The number of nitrogens with zero attached hydrogens (tertiary/aromatic N) is 3. The number of nitro groups is 1. The van der Waals surface area contributed by atoms with E-state index in [0.29, 0.717) is 21.8 Å². The van der Waals surface area contributed by atoms with Crippen molar-refractivity contribution in [3.8, 4) is 0 Å². The number of anilines is 1. The second kappa shape index (κ2) is 5.96. The quantitative estimate of drug-likeness (QED) is 0.678. The van der Waals surface area contributed by atoms with Crippen LogP contribution in [0.15, 0.2) is 12.1 Å². The summed E-state index contributed by atoms with van der Waals surface area (Å²) >= 11 is 12.4. The van der Waals surface area contributed by atoms with E-state index in [1.807, 2.05) is 0 Å². The molecule has 0 spiro atoms. The molecule has 2 fully saturated rings. The van der Waals surface area contributed by atoms with E-state index in [0.717, 1.165) is 39.3 Å². The molecule has 2 heterocycles. The first-order valence-electron chi connectivity index (χ1n) is 6.89. The van der Waals surface area contributed by atoms with Crippen LogP contribution >= 0.6 is 23.2 Å². The molecule has 0 aliphatic carbocycles. The van der Waals surface area contributed by atoms with Crippen LogP contribution in [0.4, 0.5) is 11.4 Å². The number of nitrogens with one attached hydrogen (secondary N) is 1. The van der Waals surface area contributed by atoms with Crippen molar-refractivity contribution in [1.82, 2.24) is 10.2 Å². The number of hydrogen-bond acceptors (Lipinski definition) is 5. The molecule has 21 heavy (non-hydrogen) atoms. The topological polar surface area (TPSA) is 61.7 Å². The monoisotopic (exact) mass is 330 g/mol. The van der Waals surface area contributed by atoms with Crippen LogP contribution in [0.1, 0.15) is 0 Å². The van der Waals surface area contributed by atoms with E-state index in [1.54, 1.807) is 0 Å². The highest BCUT2D eigenvalue weighted by atomic mass is 35.5. The molecule has 1 aromatic rings. The number of hydrogen-bond donors (Lipinski definition) is 1. The normalized spacial score (nSPS) is 20.4. The van der Waals surface area contributed by atoms with Gasteiger partial charge < -0.3 is 10.2 Å². The lowest BCUT2D eigenvalue weighted by Crippen LogP contribution is -2.61. The molecule has 0 amide bonds. The van der Waals surface area contributed by atoms with E-state index >= 15 is 0 Å². The van der Waals surface area contributed by atoms with Gasteiger partial charge in [0.05, 0.1) is 20.7 Å². The second-order valence-corrected chi connectivity index (χ2v) is 6.16. The lowest BCUT2D eigenvalue weighted by molar-refractivity contribution is -0.384. The van der Waals surface area contributed by atoms with Crippen molar-refractivity contribution in [3.05, 3.63) is 32.3 Å². The highest BCUT2D eigenvalue weighted by Crippen LogP contribution is 2.37. The minimum Gasteiger partial charge on any atom is -0.367 e. The summed E-state index contributed by atoms with van der Waals surface area (Å²) < 4.78 is 0. The van der Waals surface area contributed by atoms with Crippen molar-refractivity contribution in [1.29, 1.82) is 0 Å². The van der Waals surface area contributed by atoms with E-state index in [-0.39, 0.29) is 5.69 Å². The predicted molar refractivity (Wildman–Crippen MR) is 83.6 cm³/mol. The lowest BCUT2D eigenvalue weighted by atomic mass is 10.1. The number of piperazine rings is 1. The Kier molecular flexibility index (Phi) is 4.21. The minimum absolute atomic E-state index is 0.0760. The average Bonchev–Trinajstić information content (AvgIpc) is 2.37. The molecular formula is C13H16Cl2N4O2. The predicted octanol–water partition coefficient (Wildman–Crippen LogP) is 2.00. The number of benzene rings is 1. The van der Waals surface area contributed by atoms with Gasteiger partial charge in [-0.3, -0.25) is 15.0 Å². The summed E-state index contributed by atoms with van der Waals surface area (Å²) in [6.45, 7) is 5.67. The van der Waals surface area contributed by atoms with E-state index in [4.69, 9.17) is 23.2 Å². The van der Waals surface area contributed by atoms with Gasteiger partial charge in [0.25, 0.3) is 5.69 Å². The van der Waals surface area contributed by atoms with Gasteiger partial charge in [0.2, 0.25) is 0 Å².